The van der Waals surface area contributed by atoms with Crippen LogP contribution < -0.4 is 9.74 Å². The highest BCUT2D eigenvalue weighted by Gasteiger charge is 2.29. The summed E-state index contributed by atoms with van der Waals surface area (Å²) in [6, 6.07) is 5.58. The average Bonchev–Trinajstić information content (AvgIpc) is 2.32. The monoisotopic (exact) mass is 339 g/mol. The fourth-order valence-corrected chi connectivity index (χ4v) is 2.69. The number of ether oxygens (including phenoxy) is 1. The van der Waals surface area contributed by atoms with E-state index < -0.39 is 32.0 Å². The molecule has 0 fully saturated rings. The zero-order valence-electron chi connectivity index (χ0n) is 14.5. The Kier molecular flexibility index (Phi) is 5.82. The van der Waals surface area contributed by atoms with Crippen LogP contribution >= 0.6 is 0 Å². The van der Waals surface area contributed by atoms with Gasteiger partial charge in [-0.25, -0.2) is 9.59 Å². The van der Waals surface area contributed by atoms with Crippen molar-refractivity contribution in [2.75, 3.05) is 0 Å². The number of para-hydroxylation sites is 1. The minimum absolute atomic E-state index is 0.397. The summed E-state index contributed by atoms with van der Waals surface area (Å²) < 4.78 is 11.1. The van der Waals surface area contributed by atoms with Crippen LogP contribution in [0, 0.1) is 0 Å². The van der Waals surface area contributed by atoms with Gasteiger partial charge in [-0.1, -0.05) is 18.2 Å². The Morgan fingerprint density at radius 3 is 2.22 bits per heavy atom. The second-order valence-corrected chi connectivity index (χ2v) is 11.6. The molecule has 0 spiro atoms. The van der Waals surface area contributed by atoms with Crippen molar-refractivity contribution in [2.45, 2.75) is 52.1 Å². The van der Waals surface area contributed by atoms with E-state index >= 15 is 0 Å². The smallest absolute Gasteiger partial charge is 0.408 e. The zero-order chi connectivity index (χ0) is 17.8. The predicted octanol–water partition coefficient (Wildman–Crippen LogP) is 3.55. The molecule has 0 aliphatic rings. The van der Waals surface area contributed by atoms with Gasteiger partial charge >= 0.3 is 12.1 Å². The van der Waals surface area contributed by atoms with Crippen molar-refractivity contribution >= 4 is 20.4 Å². The summed E-state index contributed by atoms with van der Waals surface area (Å²) in [4.78, 5) is 23.5. The molecule has 128 valence electrons. The minimum atomic E-state index is -1.93. The van der Waals surface area contributed by atoms with Crippen molar-refractivity contribution in [3.05, 3.63) is 29.8 Å². The van der Waals surface area contributed by atoms with Gasteiger partial charge in [0, 0.05) is 5.56 Å². The van der Waals surface area contributed by atoms with Gasteiger partial charge in [0.15, 0.2) is 6.04 Å². The molecule has 0 saturated heterocycles. The topological polar surface area (TPSA) is 84.9 Å². The summed E-state index contributed by atoms with van der Waals surface area (Å²) >= 11 is 0. The zero-order valence-corrected chi connectivity index (χ0v) is 15.5. The van der Waals surface area contributed by atoms with E-state index in [1.807, 2.05) is 19.6 Å². The van der Waals surface area contributed by atoms with Crippen LogP contribution in [-0.2, 0) is 9.53 Å². The Bertz CT molecular complexity index is 575. The van der Waals surface area contributed by atoms with Crippen molar-refractivity contribution in [3.63, 3.8) is 0 Å². The first-order chi connectivity index (χ1) is 10.4. The fraction of sp³-hybridized carbons (Fsp3) is 0.500. The van der Waals surface area contributed by atoms with E-state index in [0.717, 1.165) is 0 Å². The van der Waals surface area contributed by atoms with Gasteiger partial charge in [0.25, 0.3) is 0 Å². The van der Waals surface area contributed by atoms with Gasteiger partial charge in [-0.3, -0.25) is 0 Å². The van der Waals surface area contributed by atoms with Crippen LogP contribution in [0.1, 0.15) is 32.4 Å². The second kappa shape index (κ2) is 7.04. The van der Waals surface area contributed by atoms with Crippen LogP contribution in [0.5, 0.6) is 5.75 Å². The van der Waals surface area contributed by atoms with Crippen molar-refractivity contribution in [1.82, 2.24) is 5.32 Å². The molecule has 0 aliphatic heterocycles. The molecule has 0 aliphatic carbocycles. The number of carboxylic acids is 1. The van der Waals surface area contributed by atoms with Crippen LogP contribution in [0.2, 0.25) is 19.6 Å². The maximum absolute atomic E-state index is 11.9. The molecular weight excluding hydrogens is 314 g/mol. The third-order valence-corrected chi connectivity index (χ3v) is 3.39. The molecule has 1 unspecified atom stereocenters. The van der Waals surface area contributed by atoms with Gasteiger partial charge in [-0.05, 0) is 46.5 Å². The molecule has 1 amide bonds. The second-order valence-electron chi connectivity index (χ2n) is 7.17. The summed E-state index contributed by atoms with van der Waals surface area (Å²) in [6.45, 7) is 11.1. The molecule has 0 heterocycles. The number of carboxylic acid groups (broad SMARTS) is 1. The number of hydrogen-bond acceptors (Lipinski definition) is 4. The first-order valence-electron chi connectivity index (χ1n) is 7.39. The normalized spacial score (nSPS) is 13.1. The lowest BCUT2D eigenvalue weighted by Gasteiger charge is -2.25. The van der Waals surface area contributed by atoms with Gasteiger partial charge < -0.3 is 19.6 Å². The van der Waals surface area contributed by atoms with Crippen LogP contribution in [0.4, 0.5) is 4.79 Å². The summed E-state index contributed by atoms with van der Waals surface area (Å²) in [5, 5.41) is 11.9. The SMILES string of the molecule is CC(C)(C)OC(=O)NC(C(=O)O)c1ccccc1O[Si](C)(C)C. The van der Waals surface area contributed by atoms with E-state index in [-0.39, 0.29) is 0 Å². The maximum atomic E-state index is 11.9. The minimum Gasteiger partial charge on any atom is -0.544 e. The summed E-state index contributed by atoms with van der Waals surface area (Å²) in [5.74, 6) is -0.711. The Labute approximate surface area is 137 Å². The Balaban J connectivity index is 3.07. The molecular formula is C16H25NO5Si. The van der Waals surface area contributed by atoms with Gasteiger partial charge in [0.2, 0.25) is 8.32 Å². The van der Waals surface area contributed by atoms with Crippen LogP contribution in [0.3, 0.4) is 0 Å². The van der Waals surface area contributed by atoms with Crippen molar-refractivity contribution < 1.29 is 23.9 Å². The highest BCUT2D eigenvalue weighted by atomic mass is 28.4. The van der Waals surface area contributed by atoms with Crippen molar-refractivity contribution in [3.8, 4) is 5.75 Å². The highest BCUT2D eigenvalue weighted by molar-refractivity contribution is 6.70. The molecule has 0 bridgehead atoms. The number of carbonyl (C=O) groups excluding carboxylic acids is 1. The Hall–Kier alpha value is -2.02. The molecule has 2 N–H and O–H groups in total. The van der Waals surface area contributed by atoms with E-state index in [0.29, 0.717) is 11.3 Å². The Morgan fingerprint density at radius 1 is 1.17 bits per heavy atom. The number of aliphatic carboxylic acids is 1. The maximum Gasteiger partial charge on any atom is 0.408 e. The van der Waals surface area contributed by atoms with Crippen LogP contribution in [-0.4, -0.2) is 31.1 Å². The fourth-order valence-electron chi connectivity index (χ4n) is 1.84. The third kappa shape index (κ3) is 6.73. The van der Waals surface area contributed by atoms with Crippen LogP contribution in [0.25, 0.3) is 0 Å². The van der Waals surface area contributed by atoms with E-state index in [1.54, 1.807) is 45.0 Å². The molecule has 0 aromatic heterocycles. The van der Waals surface area contributed by atoms with Gasteiger partial charge in [-0.15, -0.1) is 0 Å². The number of alkyl carbamates (subject to hydrolysis) is 1. The van der Waals surface area contributed by atoms with Gasteiger partial charge in [0.1, 0.15) is 11.4 Å². The predicted molar refractivity (Wildman–Crippen MR) is 90.2 cm³/mol. The number of carbonyl (C=O) groups is 2. The number of rotatable bonds is 5. The molecule has 0 radical (unpaired) electrons. The largest absolute Gasteiger partial charge is 0.544 e. The van der Waals surface area contributed by atoms with Crippen molar-refractivity contribution in [1.29, 1.82) is 0 Å². The number of amides is 1. The average molecular weight is 339 g/mol. The molecule has 23 heavy (non-hydrogen) atoms. The summed E-state index contributed by atoms with van der Waals surface area (Å²) in [7, 11) is -1.93. The van der Waals surface area contributed by atoms with E-state index in [4.69, 9.17) is 9.16 Å². The van der Waals surface area contributed by atoms with E-state index in [2.05, 4.69) is 5.32 Å². The molecule has 1 atom stereocenters. The number of benzene rings is 1. The lowest BCUT2D eigenvalue weighted by Crippen LogP contribution is -2.38. The number of nitrogens with one attached hydrogen (secondary N) is 1. The lowest BCUT2D eigenvalue weighted by molar-refractivity contribution is -0.139. The first kappa shape index (κ1) is 19.0. The molecule has 6 nitrogen and oxygen atoms in total. The van der Waals surface area contributed by atoms with Crippen LogP contribution in [0.15, 0.2) is 24.3 Å². The molecule has 1 aromatic rings. The molecule has 0 saturated carbocycles. The third-order valence-electron chi connectivity index (χ3n) is 2.55. The number of hydrogen-bond donors (Lipinski definition) is 2. The highest BCUT2D eigenvalue weighted by Crippen LogP contribution is 2.28. The van der Waals surface area contributed by atoms with Crippen molar-refractivity contribution in [2.24, 2.45) is 0 Å². The molecule has 1 rings (SSSR count). The summed E-state index contributed by atoms with van der Waals surface area (Å²) in [6.07, 6.45) is -0.785. The van der Waals surface area contributed by atoms with Gasteiger partial charge in [-0.2, -0.15) is 0 Å². The van der Waals surface area contributed by atoms with Gasteiger partial charge in [0.05, 0.1) is 0 Å². The quantitative estimate of drug-likeness (QED) is 0.801. The molecule has 1 aromatic carbocycles. The van der Waals surface area contributed by atoms with E-state index in [9.17, 15) is 14.7 Å². The molecule has 7 heteroatoms. The summed E-state index contributed by atoms with van der Waals surface area (Å²) in [5.41, 5.74) is -0.310. The van der Waals surface area contributed by atoms with E-state index in [1.165, 1.54) is 0 Å². The first-order valence-corrected chi connectivity index (χ1v) is 10.8. The Morgan fingerprint density at radius 2 is 1.74 bits per heavy atom. The lowest BCUT2D eigenvalue weighted by atomic mass is 10.1. The standard InChI is InChI=1S/C16H25NO5Si/c1-16(2,3)21-15(20)17-13(14(18)19)11-9-7-8-10-12(11)22-23(4,5)6/h7-10,13H,1-6H3,(H,17,20)(H,18,19).